The Morgan fingerprint density at radius 1 is 1.32 bits per heavy atom. The fourth-order valence-electron chi connectivity index (χ4n) is 1.71. The highest BCUT2D eigenvalue weighted by Crippen LogP contribution is 2.32. The predicted molar refractivity (Wildman–Crippen MR) is 60.6 cm³/mol. The van der Waals surface area contributed by atoms with Crippen molar-refractivity contribution in [3.8, 4) is 0 Å². The average Bonchev–Trinajstić information content (AvgIpc) is 2.35. The van der Waals surface area contributed by atoms with Gasteiger partial charge in [-0.1, -0.05) is 0 Å². The second kappa shape index (κ2) is 4.49. The largest absolute Gasteiger partial charge is 0.481 e. The Morgan fingerprint density at radius 2 is 2.00 bits per heavy atom. The molecule has 0 saturated carbocycles. The summed E-state index contributed by atoms with van der Waals surface area (Å²) < 4.78 is 38.0. The van der Waals surface area contributed by atoms with Crippen LogP contribution in [0, 0.1) is 0 Å². The molecule has 1 N–H and O–H groups in total. The summed E-state index contributed by atoms with van der Waals surface area (Å²) >= 11 is 0. The SMILES string of the molecule is CC(C(=O)O)c1ncnc2ccc(C(F)(F)F)cc12. The molecule has 1 unspecified atom stereocenters. The van der Waals surface area contributed by atoms with Crippen LogP contribution in [0.25, 0.3) is 10.9 Å². The number of aromatic nitrogens is 2. The molecule has 0 radical (unpaired) electrons. The van der Waals surface area contributed by atoms with Crippen molar-refractivity contribution in [1.82, 2.24) is 9.97 Å². The summed E-state index contributed by atoms with van der Waals surface area (Å²) in [5.41, 5.74) is -0.497. The third-order valence-electron chi connectivity index (χ3n) is 2.77. The molecule has 19 heavy (non-hydrogen) atoms. The van der Waals surface area contributed by atoms with Crippen LogP contribution in [0.4, 0.5) is 13.2 Å². The zero-order valence-electron chi connectivity index (χ0n) is 9.77. The predicted octanol–water partition coefficient (Wildman–Crippen LogP) is 2.84. The molecule has 2 aromatic rings. The zero-order chi connectivity index (χ0) is 14.2. The number of carbonyl (C=O) groups is 1. The van der Waals surface area contributed by atoms with E-state index in [9.17, 15) is 18.0 Å². The van der Waals surface area contributed by atoms with Crippen molar-refractivity contribution in [1.29, 1.82) is 0 Å². The standard InChI is InChI=1S/C12H9F3N2O2/c1-6(11(18)19)10-8-4-7(12(13,14)15)2-3-9(8)16-5-17-10/h2-6H,1H3,(H,18,19). The molecule has 2 rings (SSSR count). The fourth-order valence-corrected chi connectivity index (χ4v) is 1.71. The maximum absolute atomic E-state index is 12.7. The first-order chi connectivity index (χ1) is 8.80. The van der Waals surface area contributed by atoms with Crippen molar-refractivity contribution >= 4 is 16.9 Å². The Balaban J connectivity index is 2.68. The lowest BCUT2D eigenvalue weighted by molar-refractivity contribution is -0.138. The molecule has 0 aliphatic carbocycles. The van der Waals surface area contributed by atoms with Crippen LogP contribution in [0.5, 0.6) is 0 Å². The van der Waals surface area contributed by atoms with Crippen molar-refractivity contribution in [2.75, 3.05) is 0 Å². The number of carboxylic acids is 1. The van der Waals surface area contributed by atoms with Crippen molar-refractivity contribution in [2.24, 2.45) is 0 Å². The summed E-state index contributed by atoms with van der Waals surface area (Å²) in [6.45, 7) is 1.37. The van der Waals surface area contributed by atoms with Gasteiger partial charge in [0, 0.05) is 5.39 Å². The maximum Gasteiger partial charge on any atom is 0.416 e. The molecule has 0 bridgehead atoms. The first kappa shape index (κ1) is 13.3. The Morgan fingerprint density at radius 3 is 2.58 bits per heavy atom. The van der Waals surface area contributed by atoms with E-state index in [1.165, 1.54) is 13.0 Å². The van der Waals surface area contributed by atoms with Gasteiger partial charge in [-0.2, -0.15) is 13.2 Å². The normalized spacial score (nSPS) is 13.5. The third-order valence-corrected chi connectivity index (χ3v) is 2.77. The van der Waals surface area contributed by atoms with Gasteiger partial charge in [0.15, 0.2) is 0 Å². The van der Waals surface area contributed by atoms with Gasteiger partial charge in [0.25, 0.3) is 0 Å². The van der Waals surface area contributed by atoms with Crippen molar-refractivity contribution < 1.29 is 23.1 Å². The van der Waals surface area contributed by atoms with E-state index < -0.39 is 23.6 Å². The Labute approximate surface area is 105 Å². The number of hydrogen-bond acceptors (Lipinski definition) is 3. The number of rotatable bonds is 2. The van der Waals surface area contributed by atoms with Crippen LogP contribution < -0.4 is 0 Å². The van der Waals surface area contributed by atoms with Gasteiger partial charge in [0.1, 0.15) is 6.33 Å². The average molecular weight is 270 g/mol. The van der Waals surface area contributed by atoms with E-state index in [1.54, 1.807) is 0 Å². The molecule has 0 aliphatic heterocycles. The number of hydrogen-bond donors (Lipinski definition) is 1. The molecule has 1 atom stereocenters. The summed E-state index contributed by atoms with van der Waals surface area (Å²) in [6, 6.07) is 2.99. The first-order valence-corrected chi connectivity index (χ1v) is 5.35. The molecule has 1 aromatic carbocycles. The first-order valence-electron chi connectivity index (χ1n) is 5.35. The molecule has 1 heterocycles. The number of nitrogens with zero attached hydrogens (tertiary/aromatic N) is 2. The highest BCUT2D eigenvalue weighted by molar-refractivity contribution is 5.87. The molecule has 0 aliphatic rings. The number of carboxylic acid groups (broad SMARTS) is 1. The van der Waals surface area contributed by atoms with Crippen LogP contribution in [0.1, 0.15) is 24.1 Å². The molecular formula is C12H9F3N2O2. The van der Waals surface area contributed by atoms with Crippen LogP contribution >= 0.6 is 0 Å². The molecule has 0 spiro atoms. The summed E-state index contributed by atoms with van der Waals surface area (Å²) in [5.74, 6) is -2.16. The van der Waals surface area contributed by atoms with Gasteiger partial charge in [0.05, 0.1) is 22.7 Å². The second-order valence-electron chi connectivity index (χ2n) is 4.05. The summed E-state index contributed by atoms with van der Waals surface area (Å²) in [4.78, 5) is 18.6. The van der Waals surface area contributed by atoms with Gasteiger partial charge in [-0.05, 0) is 25.1 Å². The van der Waals surface area contributed by atoms with Gasteiger partial charge in [-0.3, -0.25) is 4.79 Å². The Hall–Kier alpha value is -2.18. The highest BCUT2D eigenvalue weighted by atomic mass is 19.4. The molecular weight excluding hydrogens is 261 g/mol. The maximum atomic E-state index is 12.7. The lowest BCUT2D eigenvalue weighted by Crippen LogP contribution is -2.11. The molecule has 1 aromatic heterocycles. The lowest BCUT2D eigenvalue weighted by Gasteiger charge is -2.11. The number of aliphatic carboxylic acids is 1. The van der Waals surface area contributed by atoms with E-state index in [0.29, 0.717) is 0 Å². The fraction of sp³-hybridized carbons (Fsp3) is 0.250. The van der Waals surface area contributed by atoms with Crippen LogP contribution in [0.2, 0.25) is 0 Å². The van der Waals surface area contributed by atoms with Crippen molar-refractivity contribution in [3.63, 3.8) is 0 Å². The van der Waals surface area contributed by atoms with Crippen LogP contribution in [-0.2, 0) is 11.0 Å². The number of fused-ring (bicyclic) bond motifs is 1. The highest BCUT2D eigenvalue weighted by Gasteiger charge is 2.31. The van der Waals surface area contributed by atoms with E-state index >= 15 is 0 Å². The minimum Gasteiger partial charge on any atom is -0.481 e. The van der Waals surface area contributed by atoms with Crippen molar-refractivity contribution in [2.45, 2.75) is 19.0 Å². The smallest absolute Gasteiger partial charge is 0.416 e. The van der Waals surface area contributed by atoms with Gasteiger partial charge in [-0.15, -0.1) is 0 Å². The van der Waals surface area contributed by atoms with E-state index in [2.05, 4.69) is 9.97 Å². The van der Waals surface area contributed by atoms with Crippen molar-refractivity contribution in [3.05, 3.63) is 35.8 Å². The van der Waals surface area contributed by atoms with Crippen LogP contribution in [0.15, 0.2) is 24.5 Å². The van der Waals surface area contributed by atoms with Crippen LogP contribution in [-0.4, -0.2) is 21.0 Å². The molecule has 100 valence electrons. The Kier molecular flexibility index (Phi) is 3.13. The topological polar surface area (TPSA) is 63.1 Å². The molecule has 0 amide bonds. The summed E-state index contributed by atoms with van der Waals surface area (Å²) in [6.07, 6.45) is -3.35. The molecule has 0 fully saturated rings. The number of halogens is 3. The second-order valence-corrected chi connectivity index (χ2v) is 4.05. The minimum atomic E-state index is -4.49. The zero-order valence-corrected chi connectivity index (χ0v) is 9.77. The summed E-state index contributed by atoms with van der Waals surface area (Å²) in [7, 11) is 0. The quantitative estimate of drug-likeness (QED) is 0.911. The lowest BCUT2D eigenvalue weighted by atomic mass is 10.0. The van der Waals surface area contributed by atoms with E-state index in [-0.39, 0.29) is 16.6 Å². The van der Waals surface area contributed by atoms with Gasteiger partial charge in [-0.25, -0.2) is 9.97 Å². The monoisotopic (exact) mass is 270 g/mol. The number of alkyl halides is 3. The summed E-state index contributed by atoms with van der Waals surface area (Å²) in [5, 5.41) is 9.05. The van der Waals surface area contributed by atoms with E-state index in [1.807, 2.05) is 0 Å². The van der Waals surface area contributed by atoms with Crippen LogP contribution in [0.3, 0.4) is 0 Å². The van der Waals surface area contributed by atoms with Gasteiger partial charge < -0.3 is 5.11 Å². The molecule has 7 heteroatoms. The van der Waals surface area contributed by atoms with Gasteiger partial charge >= 0.3 is 12.1 Å². The third kappa shape index (κ3) is 2.49. The van der Waals surface area contributed by atoms with Gasteiger partial charge in [0.2, 0.25) is 0 Å². The molecule has 4 nitrogen and oxygen atoms in total. The van der Waals surface area contributed by atoms with E-state index in [0.717, 1.165) is 18.5 Å². The number of benzene rings is 1. The Bertz CT molecular complexity index is 640. The minimum absolute atomic E-state index is 0.0728. The molecule has 0 saturated heterocycles. The van der Waals surface area contributed by atoms with E-state index in [4.69, 9.17) is 5.11 Å².